The Morgan fingerprint density at radius 1 is 0.830 bits per heavy atom. The first-order chi connectivity index (χ1) is 22.9. The van der Waals surface area contributed by atoms with Crippen molar-refractivity contribution in [2.45, 2.75) is 51.9 Å². The smallest absolute Gasteiger partial charge is 0.0538 e. The predicted molar refractivity (Wildman–Crippen MR) is 205 cm³/mol. The van der Waals surface area contributed by atoms with Gasteiger partial charge in [0.2, 0.25) is 0 Å². The van der Waals surface area contributed by atoms with Crippen LogP contribution in [-0.4, -0.2) is 4.57 Å². The average Bonchev–Trinajstić information content (AvgIpc) is 3.54. The summed E-state index contributed by atoms with van der Waals surface area (Å²) in [5, 5.41) is 2.56. The molecule has 0 amide bonds. The topological polar surface area (TPSA) is 4.93 Å². The number of hydrogen-bond acceptors (Lipinski definition) is 0. The van der Waals surface area contributed by atoms with E-state index in [0.717, 1.165) is 36.8 Å². The first-order valence-electron chi connectivity index (χ1n) is 16.9. The molecule has 0 aliphatic heterocycles. The molecule has 0 spiro atoms. The molecule has 1 heteroatoms. The van der Waals surface area contributed by atoms with Crippen molar-refractivity contribution in [1.82, 2.24) is 4.57 Å². The van der Waals surface area contributed by atoms with Crippen molar-refractivity contribution >= 4 is 39.2 Å². The molecule has 0 N–H and O–H groups in total. The molecule has 2 aliphatic carbocycles. The van der Waals surface area contributed by atoms with Crippen LogP contribution in [0, 0.1) is 0 Å². The largest absolute Gasteiger partial charge is 0.316 e. The molecule has 0 fully saturated rings. The van der Waals surface area contributed by atoms with Crippen molar-refractivity contribution in [3.63, 3.8) is 0 Å². The maximum Gasteiger partial charge on any atom is 0.0538 e. The molecule has 232 valence electrons. The van der Waals surface area contributed by atoms with Gasteiger partial charge in [-0.1, -0.05) is 130 Å². The maximum atomic E-state index is 4.36. The quantitative estimate of drug-likeness (QED) is 0.133. The van der Waals surface area contributed by atoms with E-state index in [1.165, 1.54) is 66.3 Å². The van der Waals surface area contributed by atoms with Gasteiger partial charge in [-0.25, -0.2) is 0 Å². The molecule has 1 heterocycles. The van der Waals surface area contributed by atoms with Crippen LogP contribution in [0.25, 0.3) is 50.3 Å². The fraction of sp³-hybridized carbons (Fsp3) is 0.174. The van der Waals surface area contributed by atoms with Crippen molar-refractivity contribution in [3.05, 3.63) is 174 Å². The molecule has 0 atom stereocenters. The predicted octanol–water partition coefficient (Wildman–Crippen LogP) is 12.9. The summed E-state index contributed by atoms with van der Waals surface area (Å²) in [6, 6.07) is 31.4. The van der Waals surface area contributed by atoms with Gasteiger partial charge in [0.1, 0.15) is 0 Å². The number of fused-ring (bicyclic) bond motifs is 6. The third-order valence-corrected chi connectivity index (χ3v) is 9.98. The summed E-state index contributed by atoms with van der Waals surface area (Å²) >= 11 is 0. The van der Waals surface area contributed by atoms with Crippen LogP contribution in [-0.2, 0) is 5.41 Å². The molecular weight excluding hydrogens is 567 g/mol. The average molecular weight is 610 g/mol. The van der Waals surface area contributed by atoms with Crippen LogP contribution < -0.4 is 0 Å². The number of rotatable bonds is 6. The van der Waals surface area contributed by atoms with Crippen molar-refractivity contribution in [3.8, 4) is 11.1 Å². The minimum Gasteiger partial charge on any atom is -0.316 e. The lowest BCUT2D eigenvalue weighted by atomic mass is 9.82. The first-order valence-corrected chi connectivity index (χ1v) is 16.9. The summed E-state index contributed by atoms with van der Waals surface area (Å²) in [7, 11) is 0. The standard InChI is InChI=1S/C46H43N/c1-6-17-34(35-19-10-8-11-20-35)21-15-16-27-47-44-26-25-37(36-22-12-7-9-18-32(2)33(3)28-36)29-40(44)41-30-39-38-23-13-14-24-42(38)46(4,5)43(39)31-45(41)47/h6-8,10-14,16-17,19-21,23-31H,2-3,9,15,18,22H2,1,4-5H3/b12-7-,17-6-,27-16?,34-21+,36-28+. The number of aromatic nitrogens is 1. The summed E-state index contributed by atoms with van der Waals surface area (Å²) < 4.78 is 2.40. The van der Waals surface area contributed by atoms with E-state index in [9.17, 15) is 0 Å². The molecular formula is C46H43N. The molecule has 0 saturated carbocycles. The molecule has 1 nitrogen and oxygen atoms in total. The number of allylic oxidation sites excluding steroid dienone is 11. The Labute approximate surface area is 280 Å². The minimum atomic E-state index is -0.0621. The normalized spacial score (nSPS) is 18.3. The van der Waals surface area contributed by atoms with Crippen LogP contribution in [0.1, 0.15) is 68.7 Å². The van der Waals surface area contributed by atoms with E-state index in [0.29, 0.717) is 0 Å². The summed E-state index contributed by atoms with van der Waals surface area (Å²) in [4.78, 5) is 0. The molecule has 0 bridgehead atoms. The van der Waals surface area contributed by atoms with Crippen LogP contribution in [0.4, 0.5) is 0 Å². The minimum absolute atomic E-state index is 0.0621. The van der Waals surface area contributed by atoms with Gasteiger partial charge in [0.25, 0.3) is 0 Å². The van der Waals surface area contributed by atoms with Crippen molar-refractivity contribution in [2.75, 3.05) is 0 Å². The van der Waals surface area contributed by atoms with Gasteiger partial charge in [-0.15, -0.1) is 0 Å². The van der Waals surface area contributed by atoms with Crippen LogP contribution in [0.15, 0.2) is 152 Å². The van der Waals surface area contributed by atoms with E-state index in [-0.39, 0.29) is 5.41 Å². The molecule has 5 aromatic rings. The molecule has 7 rings (SSSR count). The fourth-order valence-electron chi connectivity index (χ4n) is 7.38. The van der Waals surface area contributed by atoms with Gasteiger partial charge in [-0.3, -0.25) is 0 Å². The SMILES string of the molecule is C=C1/C=C(/c2ccc3c(c2)c2cc4c(cc2n3C=CC/C=C(\C=C/C)c2ccccc2)C(C)(C)c2ccccc2-4)C/C=C\CCC1=C. The second kappa shape index (κ2) is 12.6. The summed E-state index contributed by atoms with van der Waals surface area (Å²) in [6.07, 6.45) is 21.7. The lowest BCUT2D eigenvalue weighted by Crippen LogP contribution is -2.14. The Morgan fingerprint density at radius 3 is 2.45 bits per heavy atom. The summed E-state index contributed by atoms with van der Waals surface area (Å²) in [5.41, 5.74) is 15.0. The zero-order valence-electron chi connectivity index (χ0n) is 27.9. The van der Waals surface area contributed by atoms with E-state index in [1.807, 2.05) is 0 Å². The highest BCUT2D eigenvalue weighted by Gasteiger charge is 2.36. The monoisotopic (exact) mass is 609 g/mol. The summed E-state index contributed by atoms with van der Waals surface area (Å²) in [6.45, 7) is 15.5. The Bertz CT molecular complexity index is 2190. The second-order valence-electron chi connectivity index (χ2n) is 13.3. The molecule has 0 radical (unpaired) electrons. The molecule has 2 aliphatic rings. The summed E-state index contributed by atoms with van der Waals surface area (Å²) in [5.74, 6) is 0. The van der Waals surface area contributed by atoms with E-state index < -0.39 is 0 Å². The second-order valence-corrected chi connectivity index (χ2v) is 13.3. The number of benzene rings is 4. The molecule has 47 heavy (non-hydrogen) atoms. The Balaban J connectivity index is 1.38. The van der Waals surface area contributed by atoms with Crippen LogP contribution in [0.3, 0.4) is 0 Å². The van der Waals surface area contributed by atoms with Crippen molar-refractivity contribution in [2.24, 2.45) is 0 Å². The van der Waals surface area contributed by atoms with Gasteiger partial charge in [0.05, 0.1) is 11.0 Å². The van der Waals surface area contributed by atoms with E-state index in [1.54, 1.807) is 0 Å². The molecule has 0 saturated heterocycles. The lowest BCUT2D eigenvalue weighted by molar-refractivity contribution is 0.661. The van der Waals surface area contributed by atoms with Crippen LogP contribution in [0.5, 0.6) is 0 Å². The highest BCUT2D eigenvalue weighted by atomic mass is 15.0. The molecule has 0 unspecified atom stereocenters. The maximum absolute atomic E-state index is 4.36. The Morgan fingerprint density at radius 2 is 1.62 bits per heavy atom. The van der Waals surface area contributed by atoms with Gasteiger partial charge in [0, 0.05) is 22.4 Å². The van der Waals surface area contributed by atoms with Crippen LogP contribution >= 0.6 is 0 Å². The molecule has 1 aromatic heterocycles. The third-order valence-electron chi connectivity index (χ3n) is 9.98. The van der Waals surface area contributed by atoms with Gasteiger partial charge >= 0.3 is 0 Å². The fourth-order valence-corrected chi connectivity index (χ4v) is 7.38. The first kappa shape index (κ1) is 30.5. The van der Waals surface area contributed by atoms with E-state index in [4.69, 9.17) is 0 Å². The van der Waals surface area contributed by atoms with E-state index in [2.05, 4.69) is 172 Å². The highest BCUT2D eigenvalue weighted by Crippen LogP contribution is 2.50. The zero-order chi connectivity index (χ0) is 32.5. The van der Waals surface area contributed by atoms with Crippen molar-refractivity contribution < 1.29 is 0 Å². The van der Waals surface area contributed by atoms with Crippen LogP contribution in [0.2, 0.25) is 0 Å². The van der Waals surface area contributed by atoms with Gasteiger partial charge in [-0.2, -0.15) is 0 Å². The third kappa shape index (κ3) is 5.61. The Kier molecular flexibility index (Phi) is 8.16. The number of hydrogen-bond donors (Lipinski definition) is 0. The van der Waals surface area contributed by atoms with E-state index >= 15 is 0 Å². The van der Waals surface area contributed by atoms with Gasteiger partial charge < -0.3 is 4.57 Å². The zero-order valence-corrected chi connectivity index (χ0v) is 27.9. The molecule has 4 aromatic carbocycles. The Hall–Kier alpha value is -5.14. The lowest BCUT2D eigenvalue weighted by Gasteiger charge is -2.21. The number of nitrogens with zero attached hydrogens (tertiary/aromatic N) is 1. The highest BCUT2D eigenvalue weighted by molar-refractivity contribution is 6.12. The van der Waals surface area contributed by atoms with Gasteiger partial charge in [0.15, 0.2) is 0 Å². The van der Waals surface area contributed by atoms with Crippen molar-refractivity contribution in [1.29, 1.82) is 0 Å². The van der Waals surface area contributed by atoms with Gasteiger partial charge in [-0.05, 0) is 113 Å².